The Balaban J connectivity index is 1.51. The molecule has 3 heterocycles. The fraction of sp³-hybridized carbons (Fsp3) is 0.312. The van der Waals surface area contributed by atoms with Gasteiger partial charge in [-0.2, -0.15) is 0 Å². The van der Waals surface area contributed by atoms with Crippen LogP contribution in [0.2, 0.25) is 0 Å². The predicted octanol–water partition coefficient (Wildman–Crippen LogP) is 0.677. The predicted molar refractivity (Wildman–Crippen MR) is 86.4 cm³/mol. The van der Waals surface area contributed by atoms with Crippen LogP contribution in [0.15, 0.2) is 41.7 Å². The number of nitrogens with zero attached hydrogens (tertiary/aromatic N) is 5. The van der Waals surface area contributed by atoms with Gasteiger partial charge in [-0.3, -0.25) is 14.3 Å². The van der Waals surface area contributed by atoms with Gasteiger partial charge in [-0.05, 0) is 30.5 Å². The molecule has 8 heteroatoms. The van der Waals surface area contributed by atoms with Gasteiger partial charge < -0.3 is 9.88 Å². The molecule has 0 bridgehead atoms. The zero-order valence-corrected chi connectivity index (χ0v) is 12.9. The van der Waals surface area contributed by atoms with E-state index in [0.717, 1.165) is 19.5 Å². The summed E-state index contributed by atoms with van der Waals surface area (Å²) in [6, 6.07) is 5.02. The fourth-order valence-corrected chi connectivity index (χ4v) is 3.15. The molecule has 4 rings (SSSR count). The number of aromatic amines is 1. The van der Waals surface area contributed by atoms with Crippen molar-refractivity contribution < 1.29 is 4.79 Å². The number of carbonyl (C=O) groups excluding carboxylic acids is 1. The summed E-state index contributed by atoms with van der Waals surface area (Å²) in [5.74, 6) is 0.345. The van der Waals surface area contributed by atoms with Crippen molar-refractivity contribution in [2.45, 2.75) is 13.0 Å². The number of hydrogen-bond donors (Lipinski definition) is 1. The second-order valence-electron chi connectivity index (χ2n) is 5.99. The maximum absolute atomic E-state index is 12.7. The van der Waals surface area contributed by atoms with Gasteiger partial charge in [-0.15, -0.1) is 5.10 Å². The summed E-state index contributed by atoms with van der Waals surface area (Å²) in [5.41, 5.74) is 0.887. The molecule has 1 aliphatic heterocycles. The van der Waals surface area contributed by atoms with Crippen LogP contribution >= 0.6 is 0 Å². The number of aromatic nitrogens is 5. The Hall–Kier alpha value is -3.03. The molecule has 1 atom stereocenters. The summed E-state index contributed by atoms with van der Waals surface area (Å²) in [6.45, 7) is 2.18. The van der Waals surface area contributed by atoms with Crippen molar-refractivity contribution in [2.24, 2.45) is 5.92 Å². The lowest BCUT2D eigenvalue weighted by Gasteiger charge is -2.16. The molecule has 1 aliphatic rings. The van der Waals surface area contributed by atoms with Crippen LogP contribution in [0.5, 0.6) is 0 Å². The van der Waals surface area contributed by atoms with Gasteiger partial charge in [0.1, 0.15) is 0 Å². The van der Waals surface area contributed by atoms with E-state index in [1.807, 2.05) is 11.1 Å². The Labute approximate surface area is 137 Å². The van der Waals surface area contributed by atoms with Crippen molar-refractivity contribution in [1.29, 1.82) is 0 Å². The Morgan fingerprint density at radius 1 is 1.38 bits per heavy atom. The van der Waals surface area contributed by atoms with Crippen molar-refractivity contribution in [1.82, 2.24) is 29.9 Å². The maximum Gasteiger partial charge on any atom is 0.258 e. The van der Waals surface area contributed by atoms with E-state index in [-0.39, 0.29) is 11.5 Å². The van der Waals surface area contributed by atoms with E-state index in [4.69, 9.17) is 0 Å². The second-order valence-corrected chi connectivity index (χ2v) is 5.99. The molecule has 0 radical (unpaired) electrons. The SMILES string of the molecule is O=C(c1ccc2c(=O)[nH]cnc2c1)N1CCC(Cn2ccnn2)C1. The van der Waals surface area contributed by atoms with Crippen LogP contribution in [0.25, 0.3) is 10.9 Å². The Bertz CT molecular complexity index is 933. The molecule has 0 aliphatic carbocycles. The Morgan fingerprint density at radius 3 is 3.12 bits per heavy atom. The number of likely N-dealkylation sites (tertiary alicyclic amines) is 1. The van der Waals surface area contributed by atoms with E-state index in [1.54, 1.807) is 29.1 Å². The Kier molecular flexibility index (Phi) is 3.56. The molecule has 1 saturated heterocycles. The topological polar surface area (TPSA) is 96.8 Å². The molecule has 1 aromatic carbocycles. The summed E-state index contributed by atoms with van der Waals surface area (Å²) in [4.78, 5) is 32.9. The zero-order valence-electron chi connectivity index (χ0n) is 12.9. The Morgan fingerprint density at radius 2 is 2.29 bits per heavy atom. The van der Waals surface area contributed by atoms with Gasteiger partial charge in [0.05, 0.1) is 23.4 Å². The average molecular weight is 324 g/mol. The summed E-state index contributed by atoms with van der Waals surface area (Å²) in [5, 5.41) is 8.26. The first kappa shape index (κ1) is 14.6. The lowest BCUT2D eigenvalue weighted by molar-refractivity contribution is 0.0786. The van der Waals surface area contributed by atoms with Crippen LogP contribution < -0.4 is 5.56 Å². The average Bonchev–Trinajstić information content (AvgIpc) is 3.26. The molecule has 8 nitrogen and oxygen atoms in total. The van der Waals surface area contributed by atoms with Gasteiger partial charge in [-0.25, -0.2) is 4.98 Å². The zero-order chi connectivity index (χ0) is 16.5. The van der Waals surface area contributed by atoms with Crippen LogP contribution in [0.3, 0.4) is 0 Å². The first-order valence-electron chi connectivity index (χ1n) is 7.81. The number of carbonyl (C=O) groups is 1. The fourth-order valence-electron chi connectivity index (χ4n) is 3.15. The van der Waals surface area contributed by atoms with Crippen LogP contribution in [0.1, 0.15) is 16.8 Å². The van der Waals surface area contributed by atoms with Gasteiger partial charge >= 0.3 is 0 Å². The minimum atomic E-state index is -0.201. The molecule has 1 unspecified atom stereocenters. The van der Waals surface area contributed by atoms with Crippen molar-refractivity contribution in [3.8, 4) is 0 Å². The van der Waals surface area contributed by atoms with Crippen molar-refractivity contribution >= 4 is 16.8 Å². The molecule has 1 N–H and O–H groups in total. The van der Waals surface area contributed by atoms with Crippen molar-refractivity contribution in [2.75, 3.05) is 13.1 Å². The van der Waals surface area contributed by atoms with E-state index in [9.17, 15) is 9.59 Å². The molecule has 3 aromatic rings. The molecular weight excluding hydrogens is 308 g/mol. The van der Waals surface area contributed by atoms with Crippen LogP contribution in [0.4, 0.5) is 0 Å². The molecular formula is C16H16N6O2. The first-order chi connectivity index (χ1) is 11.7. The molecule has 1 fully saturated rings. The van der Waals surface area contributed by atoms with E-state index in [0.29, 0.717) is 28.9 Å². The van der Waals surface area contributed by atoms with Gasteiger partial charge in [-0.1, -0.05) is 5.21 Å². The smallest absolute Gasteiger partial charge is 0.258 e. The molecule has 24 heavy (non-hydrogen) atoms. The molecule has 122 valence electrons. The number of hydrogen-bond acceptors (Lipinski definition) is 5. The highest BCUT2D eigenvalue weighted by Crippen LogP contribution is 2.21. The van der Waals surface area contributed by atoms with Crippen LogP contribution in [-0.2, 0) is 6.54 Å². The van der Waals surface area contributed by atoms with E-state index < -0.39 is 0 Å². The highest BCUT2D eigenvalue weighted by atomic mass is 16.2. The summed E-state index contributed by atoms with van der Waals surface area (Å²) in [6.07, 6.45) is 5.78. The van der Waals surface area contributed by atoms with Gasteiger partial charge in [0.2, 0.25) is 0 Å². The van der Waals surface area contributed by atoms with Gasteiger partial charge in [0.15, 0.2) is 0 Å². The standard InChI is InChI=1S/C16H16N6O2/c23-15-13-2-1-12(7-14(13)17-10-18-15)16(24)21-5-3-11(8-21)9-22-6-4-19-20-22/h1-2,4,6-7,10-11H,3,5,8-9H2,(H,17,18,23). The highest BCUT2D eigenvalue weighted by Gasteiger charge is 2.27. The maximum atomic E-state index is 12.7. The number of fused-ring (bicyclic) bond motifs is 1. The molecule has 2 aromatic heterocycles. The third-order valence-electron chi connectivity index (χ3n) is 4.38. The monoisotopic (exact) mass is 324 g/mol. The van der Waals surface area contributed by atoms with Crippen LogP contribution in [0, 0.1) is 5.92 Å². The van der Waals surface area contributed by atoms with E-state index in [2.05, 4.69) is 20.3 Å². The number of rotatable bonds is 3. The van der Waals surface area contributed by atoms with Gasteiger partial charge in [0.25, 0.3) is 11.5 Å². The minimum Gasteiger partial charge on any atom is -0.338 e. The lowest BCUT2D eigenvalue weighted by Crippen LogP contribution is -2.29. The summed E-state index contributed by atoms with van der Waals surface area (Å²) < 4.78 is 1.80. The lowest BCUT2D eigenvalue weighted by atomic mass is 10.1. The molecule has 0 spiro atoms. The third kappa shape index (κ3) is 2.66. The number of amides is 1. The largest absolute Gasteiger partial charge is 0.338 e. The van der Waals surface area contributed by atoms with Crippen LogP contribution in [-0.4, -0.2) is 48.9 Å². The first-order valence-corrected chi connectivity index (χ1v) is 7.81. The molecule has 1 amide bonds. The molecule has 0 saturated carbocycles. The number of H-pyrrole nitrogens is 1. The highest BCUT2D eigenvalue weighted by molar-refractivity contribution is 5.97. The third-order valence-corrected chi connectivity index (χ3v) is 4.38. The van der Waals surface area contributed by atoms with E-state index in [1.165, 1.54) is 6.33 Å². The second kappa shape index (κ2) is 5.88. The quantitative estimate of drug-likeness (QED) is 0.764. The number of nitrogens with one attached hydrogen (secondary N) is 1. The summed E-state index contributed by atoms with van der Waals surface area (Å²) in [7, 11) is 0. The normalized spacial score (nSPS) is 17.5. The minimum absolute atomic E-state index is 0.0277. The number of benzene rings is 1. The van der Waals surface area contributed by atoms with Gasteiger partial charge in [0, 0.05) is 31.4 Å². The van der Waals surface area contributed by atoms with E-state index >= 15 is 0 Å². The summed E-state index contributed by atoms with van der Waals surface area (Å²) >= 11 is 0. The van der Waals surface area contributed by atoms with Crippen molar-refractivity contribution in [3.05, 3.63) is 52.8 Å². The van der Waals surface area contributed by atoms with Crippen molar-refractivity contribution in [3.63, 3.8) is 0 Å².